The molecule has 0 unspecified atom stereocenters. The number of nitrogens with two attached hydrogens (primary N) is 1. The summed E-state index contributed by atoms with van der Waals surface area (Å²) in [6.45, 7) is 2.70. The highest BCUT2D eigenvalue weighted by Crippen LogP contribution is 2.11. The van der Waals surface area contributed by atoms with Crippen LogP contribution in [0.15, 0.2) is 29.8 Å². The molecule has 0 atom stereocenters. The van der Waals surface area contributed by atoms with Crippen LogP contribution >= 0.6 is 11.3 Å². The molecule has 2 aromatic rings. The number of carbonyl (C=O) groups excluding carboxylic acids is 1. The van der Waals surface area contributed by atoms with Crippen LogP contribution in [0.2, 0.25) is 0 Å². The van der Waals surface area contributed by atoms with Crippen LogP contribution in [0.4, 0.5) is 0 Å². The fourth-order valence-corrected chi connectivity index (χ4v) is 2.20. The van der Waals surface area contributed by atoms with E-state index in [9.17, 15) is 4.79 Å². The minimum Gasteiger partial charge on any atom is -0.346 e. The van der Waals surface area contributed by atoms with Crippen molar-refractivity contribution in [1.29, 1.82) is 0 Å². The van der Waals surface area contributed by atoms with Gasteiger partial charge in [-0.25, -0.2) is 4.98 Å². The molecule has 0 fully saturated rings. The summed E-state index contributed by atoms with van der Waals surface area (Å²) in [5.74, 6) is 5.65. The number of benzene rings is 1. The number of nitrogens with zero attached hydrogens (tertiary/aromatic N) is 1. The molecule has 3 N–H and O–H groups in total. The average molecular weight is 285 g/mol. The van der Waals surface area contributed by atoms with Crippen molar-refractivity contribution in [1.82, 2.24) is 10.3 Å². The Morgan fingerprint density at radius 1 is 1.50 bits per heavy atom. The molecular formula is C15H15N3OS. The van der Waals surface area contributed by atoms with Gasteiger partial charge in [0.25, 0.3) is 5.91 Å². The van der Waals surface area contributed by atoms with Gasteiger partial charge < -0.3 is 11.1 Å². The van der Waals surface area contributed by atoms with Gasteiger partial charge in [-0.05, 0) is 24.6 Å². The topological polar surface area (TPSA) is 68.0 Å². The third-order valence-electron chi connectivity index (χ3n) is 2.71. The number of hydrogen-bond acceptors (Lipinski definition) is 4. The van der Waals surface area contributed by atoms with Crippen molar-refractivity contribution >= 4 is 17.2 Å². The molecule has 0 radical (unpaired) electrons. The minimum absolute atomic E-state index is 0.129. The van der Waals surface area contributed by atoms with Gasteiger partial charge in [-0.3, -0.25) is 4.79 Å². The second-order valence-electron chi connectivity index (χ2n) is 4.14. The molecule has 1 amide bonds. The van der Waals surface area contributed by atoms with Crippen molar-refractivity contribution in [2.75, 3.05) is 6.54 Å². The number of rotatable bonds is 3. The SMILES string of the molecule is Cc1ccc(C(=O)NCc2nccs2)cc1C#CCN. The largest absolute Gasteiger partial charge is 0.346 e. The first kappa shape index (κ1) is 14.3. The zero-order valence-corrected chi connectivity index (χ0v) is 12.0. The van der Waals surface area contributed by atoms with Crippen LogP contribution in [-0.2, 0) is 6.54 Å². The fourth-order valence-electron chi connectivity index (χ4n) is 1.64. The molecule has 20 heavy (non-hydrogen) atoms. The maximum absolute atomic E-state index is 12.1. The summed E-state index contributed by atoms with van der Waals surface area (Å²) in [5, 5.41) is 5.61. The van der Waals surface area contributed by atoms with Crippen LogP contribution in [0.25, 0.3) is 0 Å². The maximum Gasteiger partial charge on any atom is 0.251 e. The zero-order valence-electron chi connectivity index (χ0n) is 11.1. The van der Waals surface area contributed by atoms with Crippen LogP contribution < -0.4 is 11.1 Å². The van der Waals surface area contributed by atoms with Crippen molar-refractivity contribution < 1.29 is 4.79 Å². The average Bonchev–Trinajstić information content (AvgIpc) is 2.97. The Hall–Kier alpha value is -2.16. The summed E-state index contributed by atoms with van der Waals surface area (Å²) >= 11 is 1.51. The Bertz CT molecular complexity index is 653. The van der Waals surface area contributed by atoms with Crippen molar-refractivity contribution in [3.63, 3.8) is 0 Å². The number of carbonyl (C=O) groups is 1. The van der Waals surface area contributed by atoms with Crippen LogP contribution in [0.5, 0.6) is 0 Å². The molecule has 0 spiro atoms. The van der Waals surface area contributed by atoms with Crippen molar-refractivity contribution in [2.45, 2.75) is 13.5 Å². The van der Waals surface area contributed by atoms with E-state index in [1.807, 2.05) is 18.4 Å². The minimum atomic E-state index is -0.129. The smallest absolute Gasteiger partial charge is 0.251 e. The molecule has 2 rings (SSSR count). The van der Waals surface area contributed by atoms with Crippen LogP contribution in [0.1, 0.15) is 26.5 Å². The first-order chi connectivity index (χ1) is 9.70. The summed E-state index contributed by atoms with van der Waals surface area (Å²) in [6, 6.07) is 5.47. The van der Waals surface area contributed by atoms with E-state index in [4.69, 9.17) is 5.73 Å². The lowest BCUT2D eigenvalue weighted by atomic mass is 10.0. The van der Waals surface area contributed by atoms with Gasteiger partial charge in [0.15, 0.2) is 0 Å². The molecule has 1 aromatic heterocycles. The number of thiazole rings is 1. The predicted molar refractivity (Wildman–Crippen MR) is 80.4 cm³/mol. The number of aromatic nitrogens is 1. The van der Waals surface area contributed by atoms with Crippen LogP contribution in [0.3, 0.4) is 0 Å². The Kier molecular flexibility index (Phi) is 4.88. The first-order valence-corrected chi connectivity index (χ1v) is 7.05. The molecule has 0 bridgehead atoms. The molecule has 4 nitrogen and oxygen atoms in total. The fraction of sp³-hybridized carbons (Fsp3) is 0.200. The molecule has 0 saturated carbocycles. The molecule has 0 aliphatic carbocycles. The van der Waals surface area contributed by atoms with Gasteiger partial charge in [0.1, 0.15) is 5.01 Å². The molecule has 0 aliphatic heterocycles. The van der Waals surface area contributed by atoms with E-state index in [-0.39, 0.29) is 5.91 Å². The lowest BCUT2D eigenvalue weighted by molar-refractivity contribution is 0.0951. The summed E-state index contributed by atoms with van der Waals surface area (Å²) in [5.41, 5.74) is 7.82. The van der Waals surface area contributed by atoms with E-state index in [0.29, 0.717) is 18.7 Å². The zero-order chi connectivity index (χ0) is 14.4. The van der Waals surface area contributed by atoms with Gasteiger partial charge in [-0.15, -0.1) is 11.3 Å². The number of amides is 1. The molecule has 102 valence electrons. The second kappa shape index (κ2) is 6.85. The Morgan fingerprint density at radius 3 is 3.05 bits per heavy atom. The van der Waals surface area contributed by atoms with Gasteiger partial charge in [0.05, 0.1) is 13.1 Å². The highest BCUT2D eigenvalue weighted by atomic mass is 32.1. The normalized spacial score (nSPS) is 9.70. The van der Waals surface area contributed by atoms with E-state index in [1.165, 1.54) is 11.3 Å². The predicted octanol–water partition coefficient (Wildman–Crippen LogP) is 1.69. The van der Waals surface area contributed by atoms with Crippen molar-refractivity contribution in [3.8, 4) is 11.8 Å². The summed E-state index contributed by atoms with van der Waals surface area (Å²) in [7, 11) is 0. The van der Waals surface area contributed by atoms with Gasteiger partial charge in [-0.1, -0.05) is 17.9 Å². The monoisotopic (exact) mass is 285 g/mol. The molecule has 1 heterocycles. The first-order valence-electron chi connectivity index (χ1n) is 6.17. The van der Waals surface area contributed by atoms with E-state index >= 15 is 0 Å². The molecule has 0 saturated heterocycles. The summed E-state index contributed by atoms with van der Waals surface area (Å²) in [6.07, 6.45) is 1.72. The Morgan fingerprint density at radius 2 is 2.35 bits per heavy atom. The lowest BCUT2D eigenvalue weighted by Crippen LogP contribution is -2.22. The third-order valence-corrected chi connectivity index (χ3v) is 3.49. The Balaban J connectivity index is 2.09. The van der Waals surface area contributed by atoms with Gasteiger partial charge in [0.2, 0.25) is 0 Å². The highest BCUT2D eigenvalue weighted by Gasteiger charge is 2.07. The lowest BCUT2D eigenvalue weighted by Gasteiger charge is -2.05. The van der Waals surface area contributed by atoms with Crippen LogP contribution in [-0.4, -0.2) is 17.4 Å². The van der Waals surface area contributed by atoms with Gasteiger partial charge in [0, 0.05) is 22.7 Å². The van der Waals surface area contributed by atoms with Gasteiger partial charge >= 0.3 is 0 Å². The molecule has 5 heteroatoms. The number of nitrogens with one attached hydrogen (secondary N) is 1. The molecule has 0 aliphatic rings. The summed E-state index contributed by atoms with van der Waals surface area (Å²) in [4.78, 5) is 16.2. The summed E-state index contributed by atoms with van der Waals surface area (Å²) < 4.78 is 0. The molecule has 1 aromatic carbocycles. The Labute approximate surface area is 122 Å². The van der Waals surface area contributed by atoms with E-state index in [0.717, 1.165) is 16.1 Å². The second-order valence-corrected chi connectivity index (χ2v) is 5.12. The quantitative estimate of drug-likeness (QED) is 0.843. The maximum atomic E-state index is 12.1. The highest BCUT2D eigenvalue weighted by molar-refractivity contribution is 7.09. The third kappa shape index (κ3) is 3.67. The number of aryl methyl sites for hydroxylation is 1. The molecular weight excluding hydrogens is 270 g/mol. The standard InChI is InChI=1S/C15H15N3OS/c1-11-4-5-13(9-12(11)3-2-6-16)15(19)18-10-14-17-7-8-20-14/h4-5,7-9H,6,10,16H2,1H3,(H,18,19). The van der Waals surface area contributed by atoms with Crippen molar-refractivity contribution in [2.24, 2.45) is 5.73 Å². The van der Waals surface area contributed by atoms with Gasteiger partial charge in [-0.2, -0.15) is 0 Å². The van der Waals surface area contributed by atoms with E-state index < -0.39 is 0 Å². The van der Waals surface area contributed by atoms with E-state index in [2.05, 4.69) is 22.1 Å². The van der Waals surface area contributed by atoms with Crippen LogP contribution in [0, 0.1) is 18.8 Å². The number of hydrogen-bond donors (Lipinski definition) is 2. The van der Waals surface area contributed by atoms with Crippen molar-refractivity contribution in [3.05, 3.63) is 51.5 Å². The van der Waals surface area contributed by atoms with E-state index in [1.54, 1.807) is 18.3 Å².